The Balaban J connectivity index is 1.99. The number of rotatable bonds is 6. The maximum atomic E-state index is 9.52. The fraction of sp³-hybridized carbons (Fsp3) is 0.353. The number of nitrogens with zero attached hydrogens (tertiary/aromatic N) is 2. The van der Waals surface area contributed by atoms with Gasteiger partial charge in [-0.15, -0.1) is 0 Å². The van der Waals surface area contributed by atoms with E-state index in [1.54, 1.807) is 0 Å². The van der Waals surface area contributed by atoms with Crippen molar-refractivity contribution in [2.45, 2.75) is 25.9 Å². The largest absolute Gasteiger partial charge is 0.395 e. The summed E-state index contributed by atoms with van der Waals surface area (Å²) in [6.07, 6.45) is 0.786. The van der Waals surface area contributed by atoms with Crippen molar-refractivity contribution in [1.82, 2.24) is 9.88 Å². The van der Waals surface area contributed by atoms with E-state index in [9.17, 15) is 5.11 Å². The summed E-state index contributed by atoms with van der Waals surface area (Å²) in [5.41, 5.74) is 4.04. The van der Waals surface area contributed by atoms with E-state index in [4.69, 9.17) is 5.26 Å². The highest BCUT2D eigenvalue weighted by Gasteiger charge is 2.12. The second kappa shape index (κ2) is 7.07. The van der Waals surface area contributed by atoms with Gasteiger partial charge >= 0.3 is 0 Å². The molecule has 2 N–H and O–H groups in total. The zero-order valence-corrected chi connectivity index (χ0v) is 12.5. The maximum Gasteiger partial charge on any atom is 0.120 e. The summed E-state index contributed by atoms with van der Waals surface area (Å²) in [5, 5.41) is 21.9. The third kappa shape index (κ3) is 3.72. The second-order valence-electron chi connectivity index (χ2n) is 5.26. The van der Waals surface area contributed by atoms with Crippen molar-refractivity contribution >= 4 is 0 Å². The molecule has 1 atom stereocenters. The Bertz CT molecular complexity index is 625. The molecular weight excluding hydrogens is 262 g/mol. The fourth-order valence-corrected chi connectivity index (χ4v) is 2.40. The Kier molecular flexibility index (Phi) is 5.15. The average Bonchev–Trinajstić information content (AvgIpc) is 2.80. The summed E-state index contributed by atoms with van der Waals surface area (Å²) in [5.74, 6) is 0. The Hall–Kier alpha value is -2.09. The summed E-state index contributed by atoms with van der Waals surface area (Å²) >= 11 is 0. The topological polar surface area (TPSA) is 61.0 Å². The quantitative estimate of drug-likeness (QED) is 0.851. The van der Waals surface area contributed by atoms with E-state index in [0.29, 0.717) is 12.2 Å². The number of aromatic nitrogens is 1. The molecule has 0 aliphatic heterocycles. The van der Waals surface area contributed by atoms with Crippen LogP contribution in [0.1, 0.15) is 22.5 Å². The lowest BCUT2D eigenvalue weighted by Gasteiger charge is -2.16. The highest BCUT2D eigenvalue weighted by Crippen LogP contribution is 2.13. The van der Waals surface area contributed by atoms with E-state index < -0.39 is 0 Å². The molecule has 0 unspecified atom stereocenters. The van der Waals surface area contributed by atoms with Gasteiger partial charge in [0.1, 0.15) is 11.8 Å². The summed E-state index contributed by atoms with van der Waals surface area (Å²) in [7, 11) is 1.89. The first-order chi connectivity index (χ1) is 10.2. The molecule has 0 saturated carbocycles. The van der Waals surface area contributed by atoms with Gasteiger partial charge in [0.25, 0.3) is 0 Å². The van der Waals surface area contributed by atoms with Crippen molar-refractivity contribution in [3.63, 3.8) is 0 Å². The van der Waals surface area contributed by atoms with Gasteiger partial charge < -0.3 is 15.0 Å². The normalized spacial score (nSPS) is 12.1. The van der Waals surface area contributed by atoms with Crippen LogP contribution in [-0.4, -0.2) is 22.3 Å². The Morgan fingerprint density at radius 2 is 2.05 bits per heavy atom. The van der Waals surface area contributed by atoms with E-state index in [1.807, 2.05) is 42.8 Å². The molecule has 0 bridgehead atoms. The fourth-order valence-electron chi connectivity index (χ4n) is 2.40. The molecule has 0 amide bonds. The molecule has 21 heavy (non-hydrogen) atoms. The van der Waals surface area contributed by atoms with Crippen LogP contribution in [-0.2, 0) is 20.0 Å². The Labute approximate surface area is 125 Å². The standard InChI is InChI=1S/C17H21N3O/c1-13-15(9-17(10-18)20(13)2)11-19-16(12-21)8-14-6-4-3-5-7-14/h3-7,9,16,19,21H,8,11-12H2,1-2H3/t16-/m0/s1. The minimum absolute atomic E-state index is 0.0116. The van der Waals surface area contributed by atoms with Crippen LogP contribution in [0.15, 0.2) is 36.4 Å². The molecule has 2 aromatic rings. The van der Waals surface area contributed by atoms with Crippen LogP contribution in [0, 0.1) is 18.3 Å². The predicted molar refractivity (Wildman–Crippen MR) is 82.7 cm³/mol. The lowest BCUT2D eigenvalue weighted by Crippen LogP contribution is -2.34. The van der Waals surface area contributed by atoms with E-state index in [1.165, 1.54) is 5.56 Å². The van der Waals surface area contributed by atoms with E-state index in [-0.39, 0.29) is 12.6 Å². The molecule has 4 heteroatoms. The number of nitriles is 1. The molecule has 1 aromatic carbocycles. The molecule has 110 valence electrons. The van der Waals surface area contributed by atoms with Crippen molar-refractivity contribution in [1.29, 1.82) is 5.26 Å². The van der Waals surface area contributed by atoms with Gasteiger partial charge in [-0.1, -0.05) is 30.3 Å². The van der Waals surface area contributed by atoms with Gasteiger partial charge in [-0.25, -0.2) is 0 Å². The van der Waals surface area contributed by atoms with Crippen molar-refractivity contribution in [2.24, 2.45) is 7.05 Å². The van der Waals surface area contributed by atoms with Crippen LogP contribution in [0.25, 0.3) is 0 Å². The van der Waals surface area contributed by atoms with Crippen LogP contribution in [0.5, 0.6) is 0 Å². The van der Waals surface area contributed by atoms with Crippen molar-refractivity contribution in [2.75, 3.05) is 6.61 Å². The summed E-state index contributed by atoms with van der Waals surface area (Å²) in [6, 6.07) is 14.2. The van der Waals surface area contributed by atoms with Gasteiger partial charge in [-0.2, -0.15) is 5.26 Å². The first-order valence-electron chi connectivity index (χ1n) is 7.09. The van der Waals surface area contributed by atoms with Gasteiger partial charge in [0, 0.05) is 25.3 Å². The number of aliphatic hydroxyl groups excluding tert-OH is 1. The van der Waals surface area contributed by atoms with Crippen molar-refractivity contribution < 1.29 is 5.11 Å². The SMILES string of the molecule is Cc1c(CN[C@H](CO)Cc2ccccc2)cc(C#N)n1C. The predicted octanol–water partition coefficient (Wildman–Crippen LogP) is 1.90. The number of nitrogens with one attached hydrogen (secondary N) is 1. The Morgan fingerprint density at radius 3 is 2.62 bits per heavy atom. The number of hydrogen-bond donors (Lipinski definition) is 2. The van der Waals surface area contributed by atoms with Gasteiger partial charge in [0.05, 0.1) is 6.61 Å². The van der Waals surface area contributed by atoms with Crippen LogP contribution in [0.2, 0.25) is 0 Å². The molecule has 0 radical (unpaired) electrons. The van der Waals surface area contributed by atoms with E-state index in [2.05, 4.69) is 23.5 Å². The zero-order valence-electron chi connectivity index (χ0n) is 12.5. The lowest BCUT2D eigenvalue weighted by molar-refractivity contribution is 0.240. The molecule has 0 spiro atoms. The number of benzene rings is 1. The number of aliphatic hydroxyl groups is 1. The average molecular weight is 283 g/mol. The molecule has 0 fully saturated rings. The van der Waals surface area contributed by atoms with Gasteiger partial charge in [-0.3, -0.25) is 0 Å². The molecule has 0 saturated heterocycles. The van der Waals surface area contributed by atoms with Gasteiger partial charge in [0.15, 0.2) is 0 Å². The zero-order chi connectivity index (χ0) is 15.2. The molecule has 4 nitrogen and oxygen atoms in total. The first-order valence-corrected chi connectivity index (χ1v) is 7.09. The van der Waals surface area contributed by atoms with Crippen LogP contribution in [0.3, 0.4) is 0 Å². The minimum atomic E-state index is 0.0116. The summed E-state index contributed by atoms with van der Waals surface area (Å²) in [4.78, 5) is 0. The monoisotopic (exact) mass is 283 g/mol. The van der Waals surface area contributed by atoms with Crippen LogP contribution in [0.4, 0.5) is 0 Å². The first kappa shape index (κ1) is 15.3. The Morgan fingerprint density at radius 1 is 1.33 bits per heavy atom. The van der Waals surface area contributed by atoms with E-state index in [0.717, 1.165) is 17.7 Å². The van der Waals surface area contributed by atoms with E-state index >= 15 is 0 Å². The van der Waals surface area contributed by atoms with Crippen molar-refractivity contribution in [3.05, 3.63) is 58.9 Å². The lowest BCUT2D eigenvalue weighted by atomic mass is 10.1. The molecular formula is C17H21N3O. The minimum Gasteiger partial charge on any atom is -0.395 e. The third-order valence-electron chi connectivity index (χ3n) is 3.88. The van der Waals surface area contributed by atoms with Gasteiger partial charge in [-0.05, 0) is 30.5 Å². The van der Waals surface area contributed by atoms with Gasteiger partial charge in [0.2, 0.25) is 0 Å². The molecule has 0 aliphatic rings. The summed E-state index contributed by atoms with van der Waals surface area (Å²) in [6.45, 7) is 2.74. The van der Waals surface area contributed by atoms with Crippen LogP contribution >= 0.6 is 0 Å². The maximum absolute atomic E-state index is 9.52. The molecule has 1 aromatic heterocycles. The van der Waals surface area contributed by atoms with Crippen molar-refractivity contribution in [3.8, 4) is 6.07 Å². The molecule has 1 heterocycles. The smallest absolute Gasteiger partial charge is 0.120 e. The third-order valence-corrected chi connectivity index (χ3v) is 3.88. The molecule has 0 aliphatic carbocycles. The highest BCUT2D eigenvalue weighted by molar-refractivity contribution is 5.34. The second-order valence-corrected chi connectivity index (χ2v) is 5.26. The highest BCUT2D eigenvalue weighted by atomic mass is 16.3. The number of hydrogen-bond acceptors (Lipinski definition) is 3. The summed E-state index contributed by atoms with van der Waals surface area (Å²) < 4.78 is 1.89. The molecule has 2 rings (SSSR count). The van der Waals surface area contributed by atoms with Crippen LogP contribution < -0.4 is 5.32 Å².